The molecular weight excluding hydrogens is 256 g/mol. The van der Waals surface area contributed by atoms with Gasteiger partial charge >= 0.3 is 6.09 Å². The lowest BCUT2D eigenvalue weighted by molar-refractivity contribution is -0.0979. The summed E-state index contributed by atoms with van der Waals surface area (Å²) >= 11 is 0. The number of hydrogen-bond donors (Lipinski definition) is 0. The molecule has 0 aromatic heterocycles. The third-order valence-electron chi connectivity index (χ3n) is 2.84. The smallest absolute Gasteiger partial charge is 0.410 e. The number of carbonyl (C=O) groups is 1. The minimum atomic E-state index is -2.59. The highest BCUT2D eigenvalue weighted by atomic mass is 19.3. The molecule has 1 aromatic carbocycles. The van der Waals surface area contributed by atoms with E-state index in [1.54, 1.807) is 0 Å². The highest BCUT2D eigenvalue weighted by Crippen LogP contribution is 2.14. The van der Waals surface area contributed by atoms with Crippen LogP contribution in [0, 0.1) is 0 Å². The normalized spacial score (nSPS) is 19.5. The molecule has 0 unspecified atom stereocenters. The van der Waals surface area contributed by atoms with Gasteiger partial charge in [-0.3, -0.25) is 0 Å². The van der Waals surface area contributed by atoms with Crippen LogP contribution in [0.4, 0.5) is 13.6 Å². The lowest BCUT2D eigenvalue weighted by atomic mass is 10.2. The Kier molecular flexibility index (Phi) is 4.68. The number of hydrogen-bond acceptors (Lipinski definition) is 3. The highest BCUT2D eigenvalue weighted by molar-refractivity contribution is 5.67. The second kappa shape index (κ2) is 6.47. The minimum Gasteiger partial charge on any atom is -0.445 e. The molecule has 0 saturated carbocycles. The van der Waals surface area contributed by atoms with Crippen molar-refractivity contribution in [2.24, 2.45) is 0 Å². The van der Waals surface area contributed by atoms with Crippen molar-refractivity contribution < 1.29 is 23.0 Å². The SMILES string of the molecule is O=C(OCc1ccccc1)N1CCO[C@@H](C(F)F)C1. The van der Waals surface area contributed by atoms with E-state index < -0.39 is 18.6 Å². The van der Waals surface area contributed by atoms with E-state index in [1.165, 1.54) is 4.90 Å². The molecule has 19 heavy (non-hydrogen) atoms. The number of benzene rings is 1. The first-order valence-electron chi connectivity index (χ1n) is 6.02. The zero-order valence-corrected chi connectivity index (χ0v) is 10.3. The van der Waals surface area contributed by atoms with Gasteiger partial charge in [-0.25, -0.2) is 13.6 Å². The van der Waals surface area contributed by atoms with Crippen molar-refractivity contribution in [1.29, 1.82) is 0 Å². The van der Waals surface area contributed by atoms with Crippen molar-refractivity contribution in [2.75, 3.05) is 19.7 Å². The minimum absolute atomic E-state index is 0.107. The average molecular weight is 271 g/mol. The van der Waals surface area contributed by atoms with Gasteiger partial charge in [0, 0.05) is 6.54 Å². The zero-order chi connectivity index (χ0) is 13.7. The number of carbonyl (C=O) groups excluding carboxylic acids is 1. The maximum Gasteiger partial charge on any atom is 0.410 e. The zero-order valence-electron chi connectivity index (χ0n) is 10.3. The van der Waals surface area contributed by atoms with E-state index in [-0.39, 0.29) is 26.3 Å². The maximum absolute atomic E-state index is 12.5. The highest BCUT2D eigenvalue weighted by Gasteiger charge is 2.30. The van der Waals surface area contributed by atoms with E-state index in [2.05, 4.69) is 0 Å². The van der Waals surface area contributed by atoms with Gasteiger partial charge in [0.05, 0.1) is 13.2 Å². The van der Waals surface area contributed by atoms with Crippen LogP contribution in [-0.4, -0.2) is 43.2 Å². The molecule has 2 rings (SSSR count). The van der Waals surface area contributed by atoms with Crippen molar-refractivity contribution in [2.45, 2.75) is 19.1 Å². The monoisotopic (exact) mass is 271 g/mol. The Balaban J connectivity index is 1.83. The molecule has 4 nitrogen and oxygen atoms in total. The fraction of sp³-hybridized carbons (Fsp3) is 0.462. The Morgan fingerprint density at radius 1 is 1.42 bits per heavy atom. The van der Waals surface area contributed by atoms with Gasteiger partial charge in [-0.15, -0.1) is 0 Å². The molecule has 1 heterocycles. The van der Waals surface area contributed by atoms with Crippen molar-refractivity contribution in [3.63, 3.8) is 0 Å². The first-order chi connectivity index (χ1) is 9.16. The largest absolute Gasteiger partial charge is 0.445 e. The van der Waals surface area contributed by atoms with Crippen LogP contribution in [0.2, 0.25) is 0 Å². The lowest BCUT2D eigenvalue weighted by Crippen LogP contribution is -2.48. The standard InChI is InChI=1S/C13H15F2NO3/c14-12(15)11-8-16(6-7-18-11)13(17)19-9-10-4-2-1-3-5-10/h1-5,11-12H,6-9H2/t11-/m1/s1. The van der Waals surface area contributed by atoms with Gasteiger partial charge in [0.2, 0.25) is 0 Å². The summed E-state index contributed by atoms with van der Waals surface area (Å²) in [7, 11) is 0. The lowest BCUT2D eigenvalue weighted by Gasteiger charge is -2.31. The molecule has 1 amide bonds. The number of ether oxygens (including phenoxy) is 2. The summed E-state index contributed by atoms with van der Waals surface area (Å²) in [6.45, 7) is 0.383. The van der Waals surface area contributed by atoms with Crippen LogP contribution in [-0.2, 0) is 16.1 Å². The fourth-order valence-corrected chi connectivity index (χ4v) is 1.80. The number of nitrogens with zero attached hydrogens (tertiary/aromatic N) is 1. The molecule has 1 aromatic rings. The number of alkyl halides is 2. The molecule has 1 saturated heterocycles. The van der Waals surface area contributed by atoms with Gasteiger partial charge in [0.1, 0.15) is 12.7 Å². The molecule has 0 spiro atoms. The Morgan fingerprint density at radius 2 is 2.16 bits per heavy atom. The second-order valence-corrected chi connectivity index (χ2v) is 4.23. The van der Waals surface area contributed by atoms with Gasteiger partial charge in [-0.05, 0) is 5.56 Å². The quantitative estimate of drug-likeness (QED) is 0.846. The molecule has 0 aliphatic carbocycles. The van der Waals surface area contributed by atoms with Gasteiger partial charge in [-0.2, -0.15) is 0 Å². The summed E-state index contributed by atoms with van der Waals surface area (Å²) in [6.07, 6.45) is -4.40. The van der Waals surface area contributed by atoms with E-state index in [4.69, 9.17) is 9.47 Å². The Labute approximate surface area is 109 Å². The molecule has 1 atom stereocenters. The first kappa shape index (κ1) is 13.7. The summed E-state index contributed by atoms with van der Waals surface area (Å²) in [5.74, 6) is 0. The van der Waals surface area contributed by atoms with E-state index in [0.717, 1.165) is 5.56 Å². The summed E-state index contributed by atoms with van der Waals surface area (Å²) < 4.78 is 35.0. The molecule has 0 radical (unpaired) electrons. The summed E-state index contributed by atoms with van der Waals surface area (Å²) in [5, 5.41) is 0. The molecule has 1 aliphatic rings. The van der Waals surface area contributed by atoms with E-state index in [0.29, 0.717) is 0 Å². The third-order valence-corrected chi connectivity index (χ3v) is 2.84. The maximum atomic E-state index is 12.5. The second-order valence-electron chi connectivity index (χ2n) is 4.23. The Hall–Kier alpha value is -1.69. The van der Waals surface area contributed by atoms with Crippen molar-refractivity contribution in [3.05, 3.63) is 35.9 Å². The summed E-state index contributed by atoms with van der Waals surface area (Å²) in [5.41, 5.74) is 0.856. The van der Waals surface area contributed by atoms with E-state index >= 15 is 0 Å². The van der Waals surface area contributed by atoms with E-state index in [1.807, 2.05) is 30.3 Å². The third kappa shape index (κ3) is 3.89. The van der Waals surface area contributed by atoms with Gasteiger partial charge in [0.25, 0.3) is 6.43 Å². The van der Waals surface area contributed by atoms with Crippen LogP contribution in [0.3, 0.4) is 0 Å². The average Bonchev–Trinajstić information content (AvgIpc) is 2.46. The number of halogens is 2. The van der Waals surface area contributed by atoms with Crippen LogP contribution < -0.4 is 0 Å². The Morgan fingerprint density at radius 3 is 2.84 bits per heavy atom. The van der Waals surface area contributed by atoms with Crippen LogP contribution >= 0.6 is 0 Å². The van der Waals surface area contributed by atoms with Crippen LogP contribution in [0.5, 0.6) is 0 Å². The molecule has 6 heteroatoms. The van der Waals surface area contributed by atoms with Crippen LogP contribution in [0.1, 0.15) is 5.56 Å². The van der Waals surface area contributed by atoms with Crippen LogP contribution in [0.15, 0.2) is 30.3 Å². The molecule has 104 valence electrons. The molecule has 1 aliphatic heterocycles. The van der Waals surface area contributed by atoms with Crippen molar-refractivity contribution >= 4 is 6.09 Å². The first-order valence-corrected chi connectivity index (χ1v) is 6.02. The number of amides is 1. The van der Waals surface area contributed by atoms with Gasteiger partial charge in [0.15, 0.2) is 0 Å². The van der Waals surface area contributed by atoms with Crippen molar-refractivity contribution in [1.82, 2.24) is 4.90 Å². The number of morpholine rings is 1. The summed E-state index contributed by atoms with van der Waals surface area (Å²) in [6, 6.07) is 9.19. The molecule has 0 N–H and O–H groups in total. The van der Waals surface area contributed by atoms with Crippen LogP contribution in [0.25, 0.3) is 0 Å². The van der Waals surface area contributed by atoms with Gasteiger partial charge < -0.3 is 14.4 Å². The Bertz CT molecular complexity index is 414. The topological polar surface area (TPSA) is 38.8 Å². The molecule has 1 fully saturated rings. The van der Waals surface area contributed by atoms with Gasteiger partial charge in [-0.1, -0.05) is 30.3 Å². The van der Waals surface area contributed by atoms with Crippen molar-refractivity contribution in [3.8, 4) is 0 Å². The molecular formula is C13H15F2NO3. The fourth-order valence-electron chi connectivity index (χ4n) is 1.80. The predicted molar refractivity (Wildman–Crippen MR) is 63.9 cm³/mol. The van der Waals surface area contributed by atoms with E-state index in [9.17, 15) is 13.6 Å². The molecule has 0 bridgehead atoms. The predicted octanol–water partition coefficient (Wildman–Crippen LogP) is 2.29. The summed E-state index contributed by atoms with van der Waals surface area (Å²) in [4.78, 5) is 13.0. The number of rotatable bonds is 3.